The van der Waals surface area contributed by atoms with E-state index in [9.17, 15) is 0 Å². The number of nitrogens with one attached hydrogen (secondary N) is 2. The van der Waals surface area contributed by atoms with E-state index in [0.717, 1.165) is 32.3 Å². The lowest BCUT2D eigenvalue weighted by molar-refractivity contribution is 0.152. The molecule has 0 spiro atoms. The van der Waals surface area contributed by atoms with Gasteiger partial charge >= 0.3 is 0 Å². The van der Waals surface area contributed by atoms with Crippen LogP contribution in [0.1, 0.15) is 33.6 Å². The van der Waals surface area contributed by atoms with Crippen molar-refractivity contribution in [3.8, 4) is 0 Å². The minimum Gasteiger partial charge on any atom is -0.380 e. The van der Waals surface area contributed by atoms with Gasteiger partial charge in [-0.05, 0) is 38.8 Å². The summed E-state index contributed by atoms with van der Waals surface area (Å²) in [5.74, 6) is 1.52. The molecule has 1 atom stereocenters. The Kier molecular flexibility index (Phi) is 12.4. The summed E-state index contributed by atoms with van der Waals surface area (Å²) in [6.07, 6.45) is 2.68. The average molecular weight is 412 g/mol. The van der Waals surface area contributed by atoms with Crippen molar-refractivity contribution in [1.29, 1.82) is 0 Å². The summed E-state index contributed by atoms with van der Waals surface area (Å²) in [6, 6.07) is 0.586. The topological polar surface area (TPSA) is 48.9 Å². The zero-order valence-corrected chi connectivity index (χ0v) is 16.4. The molecule has 2 N–H and O–H groups in total. The van der Waals surface area contributed by atoms with Gasteiger partial charge in [-0.1, -0.05) is 13.8 Å². The fraction of sp³-hybridized carbons (Fsp3) is 0.933. The van der Waals surface area contributed by atoms with Crippen LogP contribution in [0.25, 0.3) is 0 Å². The minimum atomic E-state index is 0. The third-order valence-electron chi connectivity index (χ3n) is 3.82. The molecule has 1 fully saturated rings. The zero-order valence-electron chi connectivity index (χ0n) is 14.0. The number of likely N-dealkylation sites (tertiary alicyclic amines) is 1. The van der Waals surface area contributed by atoms with Gasteiger partial charge in [-0.3, -0.25) is 9.89 Å². The van der Waals surface area contributed by atoms with Crippen LogP contribution in [0.15, 0.2) is 4.99 Å². The van der Waals surface area contributed by atoms with Gasteiger partial charge in [0.25, 0.3) is 0 Å². The first kappa shape index (κ1) is 20.9. The van der Waals surface area contributed by atoms with E-state index < -0.39 is 0 Å². The summed E-state index contributed by atoms with van der Waals surface area (Å²) >= 11 is 0. The fourth-order valence-electron chi connectivity index (χ4n) is 2.67. The monoisotopic (exact) mass is 412 g/mol. The van der Waals surface area contributed by atoms with Crippen molar-refractivity contribution >= 4 is 29.9 Å². The van der Waals surface area contributed by atoms with E-state index >= 15 is 0 Å². The number of halogens is 1. The smallest absolute Gasteiger partial charge is 0.191 e. The summed E-state index contributed by atoms with van der Waals surface area (Å²) in [6.45, 7) is 12.3. The van der Waals surface area contributed by atoms with E-state index in [1.807, 2.05) is 14.0 Å². The molecule has 1 rings (SSSR count). The van der Waals surface area contributed by atoms with Crippen LogP contribution in [-0.4, -0.2) is 63.3 Å². The Labute approximate surface area is 147 Å². The second-order valence-electron chi connectivity index (χ2n) is 5.63. The number of hydrogen-bond donors (Lipinski definition) is 2. The van der Waals surface area contributed by atoms with Gasteiger partial charge in [-0.25, -0.2) is 0 Å². The van der Waals surface area contributed by atoms with E-state index in [1.165, 1.54) is 25.9 Å². The van der Waals surface area contributed by atoms with E-state index in [-0.39, 0.29) is 24.0 Å². The number of ether oxygens (including phenoxy) is 1. The molecule has 21 heavy (non-hydrogen) atoms. The van der Waals surface area contributed by atoms with Crippen molar-refractivity contribution in [3.05, 3.63) is 0 Å². The summed E-state index contributed by atoms with van der Waals surface area (Å²) in [5.41, 5.74) is 0. The first-order chi connectivity index (χ1) is 9.69. The van der Waals surface area contributed by atoms with Gasteiger partial charge in [0, 0.05) is 32.8 Å². The standard InChI is InChI=1S/C15H32N4O.HI/c1-5-20-11-8-17-15(16-4)18-12-14(13(2)3)19-9-6-7-10-19;/h13-14H,5-12H2,1-4H3,(H2,16,17,18);1H. The quantitative estimate of drug-likeness (QED) is 0.277. The highest BCUT2D eigenvalue weighted by Crippen LogP contribution is 2.16. The molecule has 1 aliphatic heterocycles. The van der Waals surface area contributed by atoms with Crippen molar-refractivity contribution in [2.24, 2.45) is 10.9 Å². The summed E-state index contributed by atoms with van der Waals surface area (Å²) in [4.78, 5) is 6.87. The largest absolute Gasteiger partial charge is 0.380 e. The molecule has 0 aliphatic carbocycles. The van der Waals surface area contributed by atoms with Gasteiger partial charge < -0.3 is 15.4 Å². The van der Waals surface area contributed by atoms with Crippen molar-refractivity contribution in [1.82, 2.24) is 15.5 Å². The molecule has 0 aromatic rings. The third-order valence-corrected chi connectivity index (χ3v) is 3.82. The number of nitrogens with zero attached hydrogens (tertiary/aromatic N) is 2. The Morgan fingerprint density at radius 2 is 1.90 bits per heavy atom. The Morgan fingerprint density at radius 1 is 1.24 bits per heavy atom. The van der Waals surface area contributed by atoms with Crippen molar-refractivity contribution in [2.75, 3.05) is 46.4 Å². The molecule has 0 aromatic heterocycles. The molecule has 1 unspecified atom stereocenters. The minimum absolute atomic E-state index is 0. The Balaban J connectivity index is 0.00000400. The van der Waals surface area contributed by atoms with Gasteiger partial charge in [0.1, 0.15) is 0 Å². The van der Waals surface area contributed by atoms with Crippen LogP contribution >= 0.6 is 24.0 Å². The lowest BCUT2D eigenvalue weighted by atomic mass is 10.0. The molecule has 0 bridgehead atoms. The Morgan fingerprint density at radius 3 is 2.43 bits per heavy atom. The van der Waals surface area contributed by atoms with Crippen LogP contribution in [0.5, 0.6) is 0 Å². The SMILES string of the molecule is CCOCCNC(=NC)NCC(C(C)C)N1CCCC1.I. The molecule has 1 aliphatic rings. The van der Waals surface area contributed by atoms with Crippen LogP contribution in [-0.2, 0) is 4.74 Å². The first-order valence-corrected chi connectivity index (χ1v) is 7.95. The second-order valence-corrected chi connectivity index (χ2v) is 5.63. The molecule has 6 heteroatoms. The molecule has 1 saturated heterocycles. The predicted molar refractivity (Wildman–Crippen MR) is 101 cm³/mol. The normalized spacial score (nSPS) is 17.7. The molecular weight excluding hydrogens is 379 g/mol. The second kappa shape index (κ2) is 12.5. The summed E-state index contributed by atoms with van der Waals surface area (Å²) in [7, 11) is 1.82. The third kappa shape index (κ3) is 8.21. The van der Waals surface area contributed by atoms with Crippen LogP contribution in [0.4, 0.5) is 0 Å². The lowest BCUT2D eigenvalue weighted by Crippen LogP contribution is -2.49. The first-order valence-electron chi connectivity index (χ1n) is 7.95. The Hall–Kier alpha value is -0.0800. The average Bonchev–Trinajstić information content (AvgIpc) is 2.95. The maximum absolute atomic E-state index is 5.32. The summed E-state index contributed by atoms with van der Waals surface area (Å²) in [5, 5.41) is 6.73. The number of rotatable bonds is 8. The number of hydrogen-bond acceptors (Lipinski definition) is 3. The number of guanidine groups is 1. The van der Waals surface area contributed by atoms with E-state index in [2.05, 4.69) is 34.4 Å². The fourth-order valence-corrected chi connectivity index (χ4v) is 2.67. The predicted octanol–water partition coefficient (Wildman–Crippen LogP) is 1.93. The van der Waals surface area contributed by atoms with Gasteiger partial charge in [-0.15, -0.1) is 24.0 Å². The van der Waals surface area contributed by atoms with Crippen molar-refractivity contribution in [3.63, 3.8) is 0 Å². The lowest BCUT2D eigenvalue weighted by Gasteiger charge is -2.31. The Bertz CT molecular complexity index is 281. The van der Waals surface area contributed by atoms with Gasteiger partial charge in [0.2, 0.25) is 0 Å². The van der Waals surface area contributed by atoms with Crippen LogP contribution in [0, 0.1) is 5.92 Å². The molecule has 0 amide bonds. The van der Waals surface area contributed by atoms with Crippen LogP contribution in [0.3, 0.4) is 0 Å². The molecule has 5 nitrogen and oxygen atoms in total. The highest BCUT2D eigenvalue weighted by atomic mass is 127. The summed E-state index contributed by atoms with van der Waals surface area (Å²) < 4.78 is 5.32. The molecule has 0 aromatic carbocycles. The highest BCUT2D eigenvalue weighted by Gasteiger charge is 2.24. The van der Waals surface area contributed by atoms with Gasteiger partial charge in [-0.2, -0.15) is 0 Å². The number of aliphatic imine (C=N–C) groups is 1. The maximum Gasteiger partial charge on any atom is 0.191 e. The molecule has 1 heterocycles. The van der Waals surface area contributed by atoms with E-state index in [4.69, 9.17) is 4.74 Å². The van der Waals surface area contributed by atoms with Crippen molar-refractivity contribution < 1.29 is 4.74 Å². The van der Waals surface area contributed by atoms with Crippen LogP contribution < -0.4 is 10.6 Å². The molecular formula is C15H33IN4O. The van der Waals surface area contributed by atoms with E-state index in [0.29, 0.717) is 12.0 Å². The van der Waals surface area contributed by atoms with Crippen molar-refractivity contribution in [2.45, 2.75) is 39.7 Å². The maximum atomic E-state index is 5.32. The van der Waals surface area contributed by atoms with Crippen LogP contribution in [0.2, 0.25) is 0 Å². The highest BCUT2D eigenvalue weighted by molar-refractivity contribution is 14.0. The zero-order chi connectivity index (χ0) is 14.8. The molecule has 126 valence electrons. The van der Waals surface area contributed by atoms with Gasteiger partial charge in [0.05, 0.1) is 6.61 Å². The van der Waals surface area contributed by atoms with E-state index in [1.54, 1.807) is 0 Å². The van der Waals surface area contributed by atoms with Gasteiger partial charge in [0.15, 0.2) is 5.96 Å². The molecule has 0 radical (unpaired) electrons. The molecule has 0 saturated carbocycles.